The fourth-order valence-electron chi connectivity index (χ4n) is 3.99. The van der Waals surface area contributed by atoms with Crippen molar-refractivity contribution in [1.82, 2.24) is 14.7 Å². The molecule has 3 heterocycles. The van der Waals surface area contributed by atoms with E-state index in [2.05, 4.69) is 21.7 Å². The number of hydrogen-bond acceptors (Lipinski definition) is 3. The molecule has 0 N–H and O–H groups in total. The minimum atomic E-state index is 0.170. The lowest BCUT2D eigenvalue weighted by Crippen LogP contribution is -2.50. The number of likely N-dealkylation sites (N-methyl/N-ethyl adjacent to an activating group) is 1. The van der Waals surface area contributed by atoms with Crippen molar-refractivity contribution in [3.8, 4) is 0 Å². The van der Waals surface area contributed by atoms with Crippen LogP contribution in [-0.2, 0) is 4.79 Å². The molecule has 1 amide bonds. The van der Waals surface area contributed by atoms with Gasteiger partial charge in [0.15, 0.2) is 0 Å². The molecular formula is C15H27N3O. The Bertz CT molecular complexity index is 319. The summed E-state index contributed by atoms with van der Waals surface area (Å²) in [5, 5.41) is 0. The molecule has 108 valence electrons. The summed E-state index contributed by atoms with van der Waals surface area (Å²) in [7, 11) is 2.09. The van der Waals surface area contributed by atoms with Gasteiger partial charge in [-0.3, -0.25) is 9.69 Å². The summed E-state index contributed by atoms with van der Waals surface area (Å²) in [5.41, 5.74) is 0. The van der Waals surface area contributed by atoms with Crippen LogP contribution in [0.4, 0.5) is 0 Å². The van der Waals surface area contributed by atoms with Gasteiger partial charge in [-0.15, -0.1) is 0 Å². The first-order valence-electron chi connectivity index (χ1n) is 7.99. The van der Waals surface area contributed by atoms with Crippen LogP contribution in [0, 0.1) is 0 Å². The van der Waals surface area contributed by atoms with Crippen LogP contribution < -0.4 is 0 Å². The summed E-state index contributed by atoms with van der Waals surface area (Å²) >= 11 is 0. The molecule has 0 aliphatic carbocycles. The van der Waals surface area contributed by atoms with E-state index in [0.29, 0.717) is 5.91 Å². The number of nitrogens with zero attached hydrogens (tertiary/aromatic N) is 3. The summed E-state index contributed by atoms with van der Waals surface area (Å²) in [5.74, 6) is 0.389. The normalized spacial score (nSPS) is 31.2. The summed E-state index contributed by atoms with van der Waals surface area (Å²) in [6.45, 7) is 5.60. The van der Waals surface area contributed by atoms with Crippen LogP contribution >= 0.6 is 0 Å². The molecule has 0 aromatic heterocycles. The molecule has 1 unspecified atom stereocenters. The SMILES string of the molecule is CN1CCCC1C(=O)N1CCC(N2CCCC2)CC1. The molecular weight excluding hydrogens is 238 g/mol. The van der Waals surface area contributed by atoms with Gasteiger partial charge in [0.1, 0.15) is 0 Å². The van der Waals surface area contributed by atoms with Gasteiger partial charge in [0.05, 0.1) is 6.04 Å². The van der Waals surface area contributed by atoms with E-state index in [0.717, 1.165) is 32.1 Å². The van der Waals surface area contributed by atoms with Crippen LogP contribution in [0.5, 0.6) is 0 Å². The molecule has 0 saturated carbocycles. The highest BCUT2D eigenvalue weighted by molar-refractivity contribution is 5.82. The third-order valence-electron chi connectivity index (χ3n) is 5.24. The maximum Gasteiger partial charge on any atom is 0.239 e. The molecule has 3 saturated heterocycles. The van der Waals surface area contributed by atoms with Crippen molar-refractivity contribution in [2.75, 3.05) is 39.8 Å². The highest BCUT2D eigenvalue weighted by atomic mass is 16.2. The maximum atomic E-state index is 12.5. The molecule has 19 heavy (non-hydrogen) atoms. The van der Waals surface area contributed by atoms with Gasteiger partial charge in [-0.2, -0.15) is 0 Å². The van der Waals surface area contributed by atoms with Gasteiger partial charge in [-0.05, 0) is 65.2 Å². The molecule has 0 radical (unpaired) electrons. The van der Waals surface area contributed by atoms with E-state index in [1.807, 2.05) is 0 Å². The van der Waals surface area contributed by atoms with Crippen molar-refractivity contribution >= 4 is 5.91 Å². The Kier molecular flexibility index (Phi) is 4.08. The van der Waals surface area contributed by atoms with E-state index < -0.39 is 0 Å². The Hall–Kier alpha value is -0.610. The van der Waals surface area contributed by atoms with Crippen molar-refractivity contribution in [3.05, 3.63) is 0 Å². The van der Waals surface area contributed by atoms with E-state index in [-0.39, 0.29) is 6.04 Å². The molecule has 3 aliphatic heterocycles. The maximum absolute atomic E-state index is 12.5. The van der Waals surface area contributed by atoms with Crippen LogP contribution in [0.25, 0.3) is 0 Å². The second-order valence-electron chi connectivity index (χ2n) is 6.44. The van der Waals surface area contributed by atoms with Crippen LogP contribution in [0.15, 0.2) is 0 Å². The third-order valence-corrected chi connectivity index (χ3v) is 5.24. The van der Waals surface area contributed by atoms with E-state index in [9.17, 15) is 4.79 Å². The van der Waals surface area contributed by atoms with E-state index in [1.165, 1.54) is 45.2 Å². The summed E-state index contributed by atoms with van der Waals surface area (Å²) in [4.78, 5) is 19.5. The lowest BCUT2D eigenvalue weighted by Gasteiger charge is -2.38. The molecule has 3 fully saturated rings. The van der Waals surface area contributed by atoms with E-state index in [1.54, 1.807) is 0 Å². The minimum absolute atomic E-state index is 0.170. The van der Waals surface area contributed by atoms with Crippen molar-refractivity contribution < 1.29 is 4.79 Å². The highest BCUT2D eigenvalue weighted by Gasteiger charge is 2.34. The zero-order chi connectivity index (χ0) is 13.2. The summed E-state index contributed by atoms with van der Waals surface area (Å²) < 4.78 is 0. The van der Waals surface area contributed by atoms with Crippen molar-refractivity contribution in [1.29, 1.82) is 0 Å². The van der Waals surface area contributed by atoms with Gasteiger partial charge in [0.2, 0.25) is 5.91 Å². The largest absolute Gasteiger partial charge is 0.341 e. The fraction of sp³-hybridized carbons (Fsp3) is 0.933. The summed E-state index contributed by atoms with van der Waals surface area (Å²) in [6.07, 6.45) is 7.33. The number of rotatable bonds is 2. The Labute approximate surface area is 116 Å². The first-order valence-corrected chi connectivity index (χ1v) is 7.99. The zero-order valence-electron chi connectivity index (χ0n) is 12.2. The van der Waals surface area contributed by atoms with Crippen molar-refractivity contribution in [2.45, 2.75) is 50.6 Å². The van der Waals surface area contributed by atoms with Crippen LogP contribution in [-0.4, -0.2) is 72.5 Å². The first kappa shape index (κ1) is 13.4. The molecule has 3 aliphatic rings. The Morgan fingerprint density at radius 1 is 0.895 bits per heavy atom. The second kappa shape index (κ2) is 5.80. The van der Waals surface area contributed by atoms with Gasteiger partial charge in [-0.25, -0.2) is 0 Å². The second-order valence-corrected chi connectivity index (χ2v) is 6.44. The van der Waals surface area contributed by atoms with Crippen molar-refractivity contribution in [2.24, 2.45) is 0 Å². The molecule has 1 atom stereocenters. The van der Waals surface area contributed by atoms with Crippen LogP contribution in [0.1, 0.15) is 38.5 Å². The van der Waals surface area contributed by atoms with Crippen molar-refractivity contribution in [3.63, 3.8) is 0 Å². The topological polar surface area (TPSA) is 26.8 Å². The monoisotopic (exact) mass is 265 g/mol. The number of amides is 1. The van der Waals surface area contributed by atoms with Gasteiger partial charge >= 0.3 is 0 Å². The minimum Gasteiger partial charge on any atom is -0.341 e. The number of piperidine rings is 1. The van der Waals surface area contributed by atoms with Gasteiger partial charge in [0, 0.05) is 19.1 Å². The fourth-order valence-corrected chi connectivity index (χ4v) is 3.99. The van der Waals surface area contributed by atoms with Crippen LogP contribution in [0.3, 0.4) is 0 Å². The van der Waals surface area contributed by atoms with Gasteiger partial charge in [-0.1, -0.05) is 0 Å². The molecule has 0 bridgehead atoms. The highest BCUT2D eigenvalue weighted by Crippen LogP contribution is 2.23. The molecule has 0 spiro atoms. The Morgan fingerprint density at radius 2 is 1.58 bits per heavy atom. The lowest BCUT2D eigenvalue weighted by atomic mass is 10.0. The number of carbonyl (C=O) groups is 1. The molecule has 4 heteroatoms. The quantitative estimate of drug-likeness (QED) is 0.750. The average molecular weight is 265 g/mol. The predicted molar refractivity (Wildman–Crippen MR) is 76.1 cm³/mol. The molecule has 3 rings (SSSR count). The predicted octanol–water partition coefficient (Wildman–Crippen LogP) is 1.17. The smallest absolute Gasteiger partial charge is 0.239 e. The van der Waals surface area contributed by atoms with E-state index >= 15 is 0 Å². The van der Waals surface area contributed by atoms with Gasteiger partial charge in [0.25, 0.3) is 0 Å². The molecule has 0 aromatic carbocycles. The zero-order valence-corrected chi connectivity index (χ0v) is 12.2. The lowest BCUT2D eigenvalue weighted by molar-refractivity contribution is -0.137. The molecule has 4 nitrogen and oxygen atoms in total. The average Bonchev–Trinajstić information content (AvgIpc) is 3.09. The first-order chi connectivity index (χ1) is 9.25. The van der Waals surface area contributed by atoms with Gasteiger partial charge < -0.3 is 9.80 Å². The number of carbonyl (C=O) groups excluding carboxylic acids is 1. The number of hydrogen-bond donors (Lipinski definition) is 0. The standard InChI is InChI=1S/C15H27N3O/c1-16-8-4-5-14(16)15(19)18-11-6-13(7-12-18)17-9-2-3-10-17/h13-14H,2-12H2,1H3. The number of likely N-dealkylation sites (tertiary alicyclic amines) is 3. The third kappa shape index (κ3) is 2.79. The van der Waals surface area contributed by atoms with Crippen LogP contribution in [0.2, 0.25) is 0 Å². The summed E-state index contributed by atoms with van der Waals surface area (Å²) in [6, 6.07) is 0.913. The van der Waals surface area contributed by atoms with E-state index in [4.69, 9.17) is 0 Å². The Morgan fingerprint density at radius 3 is 2.16 bits per heavy atom. The Balaban J connectivity index is 1.50. The molecule has 0 aromatic rings.